The molecule has 0 aliphatic heterocycles. The van der Waals surface area contributed by atoms with Crippen molar-refractivity contribution >= 4 is 5.96 Å². The van der Waals surface area contributed by atoms with Gasteiger partial charge in [0.05, 0.1) is 13.7 Å². The van der Waals surface area contributed by atoms with E-state index in [1.165, 1.54) is 0 Å². The monoisotopic (exact) mass is 307 g/mol. The SMILES string of the molecule is CN=C(NCCOCCC(C)C)NCc1cccc(OC)c1. The van der Waals surface area contributed by atoms with Crippen LogP contribution in [0.15, 0.2) is 29.3 Å². The second kappa shape index (κ2) is 10.9. The van der Waals surface area contributed by atoms with Crippen molar-refractivity contribution in [2.45, 2.75) is 26.8 Å². The lowest BCUT2D eigenvalue weighted by Gasteiger charge is -2.13. The second-order valence-corrected chi connectivity index (χ2v) is 5.50. The fourth-order valence-corrected chi connectivity index (χ4v) is 1.85. The van der Waals surface area contributed by atoms with E-state index in [1.807, 2.05) is 18.2 Å². The van der Waals surface area contributed by atoms with Gasteiger partial charge in [-0.3, -0.25) is 4.99 Å². The van der Waals surface area contributed by atoms with Gasteiger partial charge in [0.2, 0.25) is 0 Å². The number of ether oxygens (including phenoxy) is 2. The van der Waals surface area contributed by atoms with Crippen LogP contribution < -0.4 is 15.4 Å². The highest BCUT2D eigenvalue weighted by Crippen LogP contribution is 2.11. The molecule has 0 amide bonds. The summed E-state index contributed by atoms with van der Waals surface area (Å²) in [4.78, 5) is 4.20. The van der Waals surface area contributed by atoms with Gasteiger partial charge in [0.25, 0.3) is 0 Å². The lowest BCUT2D eigenvalue weighted by Crippen LogP contribution is -2.38. The average molecular weight is 307 g/mol. The molecule has 2 N–H and O–H groups in total. The minimum Gasteiger partial charge on any atom is -0.497 e. The molecule has 0 spiro atoms. The summed E-state index contributed by atoms with van der Waals surface area (Å²) in [5.41, 5.74) is 1.15. The molecule has 1 aromatic rings. The number of rotatable bonds is 9. The third kappa shape index (κ3) is 7.88. The number of nitrogens with zero attached hydrogens (tertiary/aromatic N) is 1. The molecule has 0 aliphatic carbocycles. The summed E-state index contributed by atoms with van der Waals surface area (Å²) in [5, 5.41) is 6.51. The molecule has 22 heavy (non-hydrogen) atoms. The predicted molar refractivity (Wildman–Crippen MR) is 91.5 cm³/mol. The lowest BCUT2D eigenvalue weighted by atomic mass is 10.1. The van der Waals surface area contributed by atoms with Crippen molar-refractivity contribution in [2.24, 2.45) is 10.9 Å². The van der Waals surface area contributed by atoms with E-state index in [4.69, 9.17) is 9.47 Å². The topological polar surface area (TPSA) is 54.9 Å². The van der Waals surface area contributed by atoms with Crippen molar-refractivity contribution in [1.29, 1.82) is 0 Å². The Morgan fingerprint density at radius 1 is 1.23 bits per heavy atom. The number of benzene rings is 1. The van der Waals surface area contributed by atoms with Crippen LogP contribution in [0, 0.1) is 5.92 Å². The van der Waals surface area contributed by atoms with Gasteiger partial charge in [0, 0.05) is 26.7 Å². The van der Waals surface area contributed by atoms with E-state index >= 15 is 0 Å². The highest BCUT2D eigenvalue weighted by Gasteiger charge is 2.00. The molecule has 0 saturated heterocycles. The van der Waals surface area contributed by atoms with Gasteiger partial charge in [-0.2, -0.15) is 0 Å². The summed E-state index contributed by atoms with van der Waals surface area (Å²) < 4.78 is 10.8. The Morgan fingerprint density at radius 3 is 2.73 bits per heavy atom. The molecule has 5 heteroatoms. The molecule has 1 rings (SSSR count). The van der Waals surface area contributed by atoms with Crippen LogP contribution in [0.5, 0.6) is 5.75 Å². The zero-order valence-corrected chi connectivity index (χ0v) is 14.2. The molecule has 0 fully saturated rings. The molecule has 1 aromatic carbocycles. The third-order valence-corrected chi connectivity index (χ3v) is 3.20. The molecular weight excluding hydrogens is 278 g/mol. The van der Waals surface area contributed by atoms with Crippen LogP contribution in [0.3, 0.4) is 0 Å². The summed E-state index contributed by atoms with van der Waals surface area (Å²) in [6.45, 7) is 7.35. The van der Waals surface area contributed by atoms with E-state index in [9.17, 15) is 0 Å². The molecule has 0 aromatic heterocycles. The third-order valence-electron chi connectivity index (χ3n) is 3.20. The van der Waals surface area contributed by atoms with Crippen LogP contribution in [0.25, 0.3) is 0 Å². The fourth-order valence-electron chi connectivity index (χ4n) is 1.85. The van der Waals surface area contributed by atoms with Crippen LogP contribution in [0.2, 0.25) is 0 Å². The Bertz CT molecular complexity index is 447. The van der Waals surface area contributed by atoms with Crippen LogP contribution >= 0.6 is 0 Å². The predicted octanol–water partition coefficient (Wildman–Crippen LogP) is 2.42. The quantitative estimate of drug-likeness (QED) is 0.418. The number of aliphatic imine (C=N–C) groups is 1. The van der Waals surface area contributed by atoms with Crippen LogP contribution in [-0.2, 0) is 11.3 Å². The summed E-state index contributed by atoms with van der Waals surface area (Å²) in [6.07, 6.45) is 1.10. The maximum atomic E-state index is 5.57. The summed E-state index contributed by atoms with van der Waals surface area (Å²) in [7, 11) is 3.44. The van der Waals surface area contributed by atoms with E-state index in [2.05, 4.69) is 35.5 Å². The number of hydrogen-bond acceptors (Lipinski definition) is 3. The second-order valence-electron chi connectivity index (χ2n) is 5.50. The Labute approximate surface area is 134 Å². The van der Waals surface area contributed by atoms with Gasteiger partial charge in [0.1, 0.15) is 5.75 Å². The Balaban J connectivity index is 2.22. The highest BCUT2D eigenvalue weighted by molar-refractivity contribution is 5.79. The van der Waals surface area contributed by atoms with Gasteiger partial charge in [0.15, 0.2) is 5.96 Å². The van der Waals surface area contributed by atoms with Crippen molar-refractivity contribution < 1.29 is 9.47 Å². The van der Waals surface area contributed by atoms with Gasteiger partial charge in [-0.1, -0.05) is 26.0 Å². The zero-order valence-electron chi connectivity index (χ0n) is 14.2. The normalized spacial score (nSPS) is 11.6. The van der Waals surface area contributed by atoms with Crippen LogP contribution in [0.1, 0.15) is 25.8 Å². The van der Waals surface area contributed by atoms with E-state index in [-0.39, 0.29) is 0 Å². The number of guanidine groups is 1. The maximum absolute atomic E-state index is 5.57. The molecule has 0 aliphatic rings. The fraction of sp³-hybridized carbons (Fsp3) is 0.588. The molecule has 124 valence electrons. The van der Waals surface area contributed by atoms with E-state index in [0.29, 0.717) is 19.1 Å². The summed E-state index contributed by atoms with van der Waals surface area (Å²) >= 11 is 0. The molecule has 0 bridgehead atoms. The van der Waals surface area contributed by atoms with Gasteiger partial charge >= 0.3 is 0 Å². The molecule has 0 heterocycles. The van der Waals surface area contributed by atoms with E-state index in [1.54, 1.807) is 14.2 Å². The first-order valence-electron chi connectivity index (χ1n) is 7.81. The molecule has 0 radical (unpaired) electrons. The first kappa shape index (κ1) is 18.3. The van der Waals surface area contributed by atoms with Crippen molar-refractivity contribution in [3.63, 3.8) is 0 Å². The molecule has 0 atom stereocenters. The summed E-state index contributed by atoms with van der Waals surface area (Å²) in [6, 6.07) is 7.98. The van der Waals surface area contributed by atoms with Crippen molar-refractivity contribution in [3.05, 3.63) is 29.8 Å². The molecule has 5 nitrogen and oxygen atoms in total. The first-order valence-corrected chi connectivity index (χ1v) is 7.81. The van der Waals surface area contributed by atoms with Gasteiger partial charge in [-0.15, -0.1) is 0 Å². The standard InChI is InChI=1S/C17H29N3O2/c1-14(2)8-10-22-11-9-19-17(18-3)20-13-15-6-5-7-16(12-15)21-4/h5-7,12,14H,8-11,13H2,1-4H3,(H2,18,19,20). The van der Waals surface area contributed by atoms with Crippen molar-refractivity contribution in [3.8, 4) is 5.75 Å². The number of nitrogens with one attached hydrogen (secondary N) is 2. The molecular formula is C17H29N3O2. The maximum Gasteiger partial charge on any atom is 0.191 e. The summed E-state index contributed by atoms with van der Waals surface area (Å²) in [5.74, 6) is 2.32. The zero-order chi connectivity index (χ0) is 16.2. The first-order chi connectivity index (χ1) is 10.7. The van der Waals surface area contributed by atoms with Crippen LogP contribution in [-0.4, -0.2) is 39.9 Å². The Kier molecular flexibility index (Phi) is 9.07. The van der Waals surface area contributed by atoms with E-state index < -0.39 is 0 Å². The van der Waals surface area contributed by atoms with Gasteiger partial charge < -0.3 is 20.1 Å². The van der Waals surface area contributed by atoms with Crippen molar-refractivity contribution in [2.75, 3.05) is 33.9 Å². The van der Waals surface area contributed by atoms with E-state index in [0.717, 1.165) is 36.8 Å². The Morgan fingerprint density at radius 2 is 2.05 bits per heavy atom. The van der Waals surface area contributed by atoms with Crippen molar-refractivity contribution in [1.82, 2.24) is 10.6 Å². The minimum absolute atomic E-state index is 0.685. The lowest BCUT2D eigenvalue weighted by molar-refractivity contribution is 0.128. The minimum atomic E-state index is 0.685. The van der Waals surface area contributed by atoms with Crippen LogP contribution in [0.4, 0.5) is 0 Å². The Hall–Kier alpha value is -1.75. The molecule has 0 unspecified atom stereocenters. The molecule has 0 saturated carbocycles. The van der Waals surface area contributed by atoms with Gasteiger partial charge in [-0.25, -0.2) is 0 Å². The number of hydrogen-bond donors (Lipinski definition) is 2. The van der Waals surface area contributed by atoms with Gasteiger partial charge in [-0.05, 0) is 30.0 Å². The number of methoxy groups -OCH3 is 1. The highest BCUT2D eigenvalue weighted by atomic mass is 16.5. The largest absolute Gasteiger partial charge is 0.497 e. The average Bonchev–Trinajstić information content (AvgIpc) is 2.53. The smallest absolute Gasteiger partial charge is 0.191 e.